The van der Waals surface area contributed by atoms with Crippen molar-refractivity contribution in [2.24, 2.45) is 5.41 Å². The SMILES string of the molecule is CC(C)c1ncncc1-c1cc(F)ccc1Oc1cncnc1N1CC2(CCN(C(=O)Cc3ccc(C#N)cc3)C2)C1. The Labute approximate surface area is 243 Å². The van der Waals surface area contributed by atoms with Gasteiger partial charge in [-0.05, 0) is 48.2 Å². The molecule has 2 saturated heterocycles. The van der Waals surface area contributed by atoms with Crippen LogP contribution in [0.25, 0.3) is 11.1 Å². The Hall–Kier alpha value is -4.91. The van der Waals surface area contributed by atoms with Gasteiger partial charge in [-0.15, -0.1) is 0 Å². The van der Waals surface area contributed by atoms with E-state index in [0.29, 0.717) is 53.5 Å². The van der Waals surface area contributed by atoms with E-state index in [1.807, 2.05) is 30.9 Å². The summed E-state index contributed by atoms with van der Waals surface area (Å²) in [6, 6.07) is 13.7. The van der Waals surface area contributed by atoms with Crippen LogP contribution in [0.5, 0.6) is 11.5 Å². The van der Waals surface area contributed by atoms with Crippen LogP contribution in [0.3, 0.4) is 0 Å². The first-order valence-electron chi connectivity index (χ1n) is 13.9. The fourth-order valence-corrected chi connectivity index (χ4v) is 5.85. The zero-order chi connectivity index (χ0) is 29.3. The lowest BCUT2D eigenvalue weighted by Gasteiger charge is -2.48. The van der Waals surface area contributed by atoms with E-state index >= 15 is 0 Å². The summed E-state index contributed by atoms with van der Waals surface area (Å²) in [5.74, 6) is 1.39. The normalized spacial score (nSPS) is 15.5. The Balaban J connectivity index is 1.16. The van der Waals surface area contributed by atoms with Crippen molar-refractivity contribution in [3.05, 3.63) is 90.2 Å². The summed E-state index contributed by atoms with van der Waals surface area (Å²) in [5, 5.41) is 9.00. The van der Waals surface area contributed by atoms with E-state index in [9.17, 15) is 9.18 Å². The minimum atomic E-state index is -0.385. The number of hydrogen-bond donors (Lipinski definition) is 0. The standard InChI is InChI=1S/C32H30FN7O2/c1-21(2)30-26(14-35-19-37-30)25-12-24(33)7-8-27(25)42-28-15-36-20-38-31(28)40-17-32(18-40)9-10-39(16-32)29(41)11-22-3-5-23(13-34)6-4-22/h3-8,12,14-15,19-21H,9-11,16-18H2,1-2H3. The number of likely N-dealkylation sites (tertiary alicyclic amines) is 1. The summed E-state index contributed by atoms with van der Waals surface area (Å²) >= 11 is 0. The third kappa shape index (κ3) is 5.38. The van der Waals surface area contributed by atoms with Crippen molar-refractivity contribution in [3.63, 3.8) is 0 Å². The molecule has 2 aromatic carbocycles. The molecular weight excluding hydrogens is 533 g/mol. The maximum atomic E-state index is 14.4. The number of nitriles is 1. The van der Waals surface area contributed by atoms with Crippen LogP contribution in [0.4, 0.5) is 10.2 Å². The van der Waals surface area contributed by atoms with E-state index in [2.05, 4.69) is 30.9 Å². The molecule has 4 aromatic rings. The maximum Gasteiger partial charge on any atom is 0.227 e. The molecule has 0 N–H and O–H groups in total. The number of carbonyl (C=O) groups is 1. The number of amides is 1. The summed E-state index contributed by atoms with van der Waals surface area (Å²) in [6.07, 6.45) is 7.51. The third-order valence-electron chi connectivity index (χ3n) is 7.98. The molecular formula is C32H30FN7O2. The summed E-state index contributed by atoms with van der Waals surface area (Å²) in [7, 11) is 0. The van der Waals surface area contributed by atoms with Crippen molar-refractivity contribution in [1.82, 2.24) is 24.8 Å². The van der Waals surface area contributed by atoms with Crippen LogP contribution >= 0.6 is 0 Å². The van der Waals surface area contributed by atoms with Crippen LogP contribution in [0.1, 0.15) is 43.0 Å². The molecule has 0 saturated carbocycles. The fraction of sp³-hybridized carbons (Fsp3) is 0.312. The van der Waals surface area contributed by atoms with Gasteiger partial charge in [0.1, 0.15) is 24.2 Å². The van der Waals surface area contributed by atoms with E-state index in [-0.39, 0.29) is 23.1 Å². The monoisotopic (exact) mass is 563 g/mol. The van der Waals surface area contributed by atoms with Gasteiger partial charge in [0, 0.05) is 48.9 Å². The molecule has 2 fully saturated rings. The number of carbonyl (C=O) groups excluding carboxylic acids is 1. The van der Waals surface area contributed by atoms with Gasteiger partial charge in [-0.2, -0.15) is 5.26 Å². The van der Waals surface area contributed by atoms with Gasteiger partial charge in [-0.3, -0.25) is 4.79 Å². The summed E-state index contributed by atoms with van der Waals surface area (Å²) < 4.78 is 20.8. The minimum Gasteiger partial charge on any atom is -0.451 e. The van der Waals surface area contributed by atoms with Gasteiger partial charge in [0.05, 0.1) is 29.9 Å². The van der Waals surface area contributed by atoms with Crippen molar-refractivity contribution in [2.75, 3.05) is 31.1 Å². The van der Waals surface area contributed by atoms with E-state index in [1.54, 1.807) is 30.6 Å². The first kappa shape index (κ1) is 27.3. The number of benzene rings is 2. The van der Waals surface area contributed by atoms with Gasteiger partial charge in [-0.1, -0.05) is 26.0 Å². The predicted octanol–water partition coefficient (Wildman–Crippen LogP) is 5.14. The Morgan fingerprint density at radius 1 is 1.02 bits per heavy atom. The summed E-state index contributed by atoms with van der Waals surface area (Å²) in [6.45, 7) is 6.93. The molecule has 0 radical (unpaired) electrons. The Kier molecular flexibility index (Phi) is 7.25. The number of halogens is 1. The molecule has 0 bridgehead atoms. The van der Waals surface area contributed by atoms with Crippen molar-refractivity contribution in [3.8, 4) is 28.7 Å². The second kappa shape index (κ2) is 11.2. The van der Waals surface area contributed by atoms with Gasteiger partial charge < -0.3 is 14.5 Å². The largest absolute Gasteiger partial charge is 0.451 e. The topological polar surface area (TPSA) is 108 Å². The molecule has 42 heavy (non-hydrogen) atoms. The van der Waals surface area contributed by atoms with Crippen LogP contribution in [-0.4, -0.2) is 56.9 Å². The molecule has 0 aliphatic carbocycles. The average molecular weight is 564 g/mol. The lowest BCUT2D eigenvalue weighted by molar-refractivity contribution is -0.129. The minimum absolute atomic E-state index is 0.00285. The molecule has 2 aromatic heterocycles. The molecule has 212 valence electrons. The second-order valence-electron chi connectivity index (χ2n) is 11.3. The van der Waals surface area contributed by atoms with Gasteiger partial charge >= 0.3 is 0 Å². The highest BCUT2D eigenvalue weighted by molar-refractivity contribution is 5.79. The number of nitrogens with zero attached hydrogens (tertiary/aromatic N) is 7. The van der Waals surface area contributed by atoms with Gasteiger partial charge in [-0.25, -0.2) is 24.3 Å². The highest BCUT2D eigenvalue weighted by atomic mass is 19.1. The first-order valence-corrected chi connectivity index (χ1v) is 13.9. The van der Waals surface area contributed by atoms with E-state index in [4.69, 9.17) is 10.00 Å². The predicted molar refractivity (Wildman–Crippen MR) is 154 cm³/mol. The molecule has 0 unspecified atom stereocenters. The second-order valence-corrected chi connectivity index (χ2v) is 11.3. The number of anilines is 1. The Bertz CT molecular complexity index is 1660. The van der Waals surface area contributed by atoms with Crippen LogP contribution in [0.2, 0.25) is 0 Å². The number of rotatable bonds is 7. The Morgan fingerprint density at radius 2 is 1.79 bits per heavy atom. The van der Waals surface area contributed by atoms with Crippen molar-refractivity contribution in [2.45, 2.75) is 32.6 Å². The molecule has 2 aliphatic heterocycles. The molecule has 6 rings (SSSR count). The van der Waals surface area contributed by atoms with Crippen LogP contribution in [0, 0.1) is 22.6 Å². The molecule has 2 aliphatic rings. The number of hydrogen-bond acceptors (Lipinski definition) is 8. The Morgan fingerprint density at radius 3 is 2.55 bits per heavy atom. The molecule has 9 nitrogen and oxygen atoms in total. The zero-order valence-electron chi connectivity index (χ0n) is 23.5. The van der Waals surface area contributed by atoms with Crippen LogP contribution in [0.15, 0.2) is 67.5 Å². The third-order valence-corrected chi connectivity index (χ3v) is 7.98. The van der Waals surface area contributed by atoms with Gasteiger partial charge in [0.2, 0.25) is 5.91 Å². The molecule has 4 heterocycles. The highest BCUT2D eigenvalue weighted by Crippen LogP contribution is 2.45. The van der Waals surface area contributed by atoms with Crippen molar-refractivity contribution >= 4 is 11.7 Å². The van der Waals surface area contributed by atoms with E-state index in [1.165, 1.54) is 24.8 Å². The van der Waals surface area contributed by atoms with E-state index < -0.39 is 0 Å². The molecule has 0 atom stereocenters. The van der Waals surface area contributed by atoms with Crippen LogP contribution in [-0.2, 0) is 11.2 Å². The maximum absolute atomic E-state index is 14.4. The lowest BCUT2D eigenvalue weighted by Crippen LogP contribution is -2.58. The fourth-order valence-electron chi connectivity index (χ4n) is 5.85. The summed E-state index contributed by atoms with van der Waals surface area (Å²) in [4.78, 5) is 34.4. The number of aromatic nitrogens is 4. The van der Waals surface area contributed by atoms with E-state index in [0.717, 1.165) is 30.8 Å². The summed E-state index contributed by atoms with van der Waals surface area (Å²) in [5.41, 5.74) is 3.55. The highest BCUT2D eigenvalue weighted by Gasteiger charge is 2.49. The quantitative estimate of drug-likeness (QED) is 0.304. The smallest absolute Gasteiger partial charge is 0.227 e. The van der Waals surface area contributed by atoms with Gasteiger partial charge in [0.25, 0.3) is 0 Å². The number of ether oxygens (including phenoxy) is 1. The van der Waals surface area contributed by atoms with Crippen molar-refractivity contribution < 1.29 is 13.9 Å². The van der Waals surface area contributed by atoms with Crippen LogP contribution < -0.4 is 9.64 Å². The first-order chi connectivity index (χ1) is 20.3. The zero-order valence-corrected chi connectivity index (χ0v) is 23.5. The average Bonchev–Trinajstić information content (AvgIpc) is 3.44. The molecule has 1 spiro atoms. The van der Waals surface area contributed by atoms with Crippen molar-refractivity contribution in [1.29, 1.82) is 5.26 Å². The van der Waals surface area contributed by atoms with Gasteiger partial charge in [0.15, 0.2) is 11.6 Å². The molecule has 10 heteroatoms. The molecule has 1 amide bonds. The lowest BCUT2D eigenvalue weighted by atomic mass is 9.79.